The molecule has 0 aliphatic rings. The Kier molecular flexibility index (Phi) is 3.94. The van der Waals surface area contributed by atoms with Gasteiger partial charge < -0.3 is 0 Å². The maximum atomic E-state index is 13.2. The SMILES string of the molecule is CCc1c(F)c(F)[c]([Mg][C]#N)c(F)c1F. The summed E-state index contributed by atoms with van der Waals surface area (Å²) in [7, 11) is 0. The number of nitrogens with zero attached hydrogens (tertiary/aromatic N) is 1. The highest BCUT2D eigenvalue weighted by Gasteiger charge is 2.24. The molecule has 0 fully saturated rings. The fourth-order valence-electron chi connectivity index (χ4n) is 1.27. The number of halogens is 4. The van der Waals surface area contributed by atoms with E-state index in [0.29, 0.717) is 0 Å². The third-order valence-electron chi connectivity index (χ3n) is 2.05. The quantitative estimate of drug-likeness (QED) is 0.428. The van der Waals surface area contributed by atoms with E-state index >= 15 is 0 Å². The van der Waals surface area contributed by atoms with E-state index in [2.05, 4.69) is 0 Å². The monoisotopic (exact) mass is 227 g/mol. The molecule has 0 heterocycles. The predicted octanol–water partition coefficient (Wildman–Crippen LogP) is 1.62. The maximum absolute atomic E-state index is 13.2. The molecule has 1 aromatic rings. The van der Waals surface area contributed by atoms with Crippen molar-refractivity contribution in [2.45, 2.75) is 13.3 Å². The summed E-state index contributed by atoms with van der Waals surface area (Å²) in [6.07, 6.45) is -0.139. The Hall–Kier alpha value is -0.804. The van der Waals surface area contributed by atoms with Crippen LogP contribution in [0.25, 0.3) is 0 Å². The van der Waals surface area contributed by atoms with E-state index in [4.69, 9.17) is 5.26 Å². The van der Waals surface area contributed by atoms with E-state index in [9.17, 15) is 17.6 Å². The fourth-order valence-corrected chi connectivity index (χ4v) is 2.05. The molecular formula is C9H5F4MgN. The lowest BCUT2D eigenvalue weighted by molar-refractivity contribution is 0.449. The molecule has 0 atom stereocenters. The maximum Gasteiger partial charge on any atom is 0.570 e. The molecule has 0 amide bonds. The van der Waals surface area contributed by atoms with Crippen LogP contribution in [0.3, 0.4) is 0 Å². The van der Waals surface area contributed by atoms with Gasteiger partial charge in [-0.2, -0.15) is 0 Å². The summed E-state index contributed by atoms with van der Waals surface area (Å²) in [6.45, 7) is 1.39. The van der Waals surface area contributed by atoms with Crippen molar-refractivity contribution in [3.63, 3.8) is 0 Å². The highest BCUT2D eigenvalue weighted by molar-refractivity contribution is 6.61. The zero-order chi connectivity index (χ0) is 11.6. The van der Waals surface area contributed by atoms with Crippen molar-refractivity contribution < 1.29 is 17.6 Å². The van der Waals surface area contributed by atoms with E-state index in [0.717, 1.165) is 0 Å². The van der Waals surface area contributed by atoms with Gasteiger partial charge in [-0.25, -0.2) is 22.8 Å². The minimum absolute atomic E-state index is 0.139. The third kappa shape index (κ3) is 2.08. The second-order valence-electron chi connectivity index (χ2n) is 2.90. The van der Waals surface area contributed by atoms with Gasteiger partial charge in [0.05, 0.1) is 0 Å². The summed E-state index contributed by atoms with van der Waals surface area (Å²) >= 11 is -1.95. The summed E-state index contributed by atoms with van der Waals surface area (Å²) in [5.74, 6) is -5.60. The van der Waals surface area contributed by atoms with Crippen molar-refractivity contribution in [1.29, 1.82) is 5.26 Å². The van der Waals surface area contributed by atoms with E-state index in [1.807, 2.05) is 0 Å². The normalized spacial score (nSPS) is 9.60. The van der Waals surface area contributed by atoms with Crippen LogP contribution in [0.2, 0.25) is 0 Å². The van der Waals surface area contributed by atoms with Crippen LogP contribution in [0.5, 0.6) is 0 Å². The number of hydrogen-bond donors (Lipinski definition) is 0. The van der Waals surface area contributed by atoms with Crippen LogP contribution in [0, 0.1) is 32.7 Å². The number of rotatable bonds is 2. The minimum atomic E-state index is -1.95. The summed E-state index contributed by atoms with van der Waals surface area (Å²) < 4.78 is 53.5. The number of benzene rings is 1. The van der Waals surface area contributed by atoms with Crippen LogP contribution in [0.4, 0.5) is 17.6 Å². The van der Waals surface area contributed by atoms with Gasteiger partial charge in [0.2, 0.25) is 0 Å². The Bertz CT molecular complexity index is 410. The molecule has 76 valence electrons. The first-order chi connectivity index (χ1) is 7.04. The van der Waals surface area contributed by atoms with Crippen LogP contribution < -0.4 is 3.69 Å². The Morgan fingerprint density at radius 2 is 1.53 bits per heavy atom. The Morgan fingerprint density at radius 1 is 1.07 bits per heavy atom. The van der Waals surface area contributed by atoms with Gasteiger partial charge in [-0.05, 0) is 6.42 Å². The van der Waals surface area contributed by atoms with Crippen molar-refractivity contribution in [2.75, 3.05) is 0 Å². The average Bonchev–Trinajstić information content (AvgIpc) is 2.23. The molecule has 0 N–H and O–H groups in total. The Morgan fingerprint density at radius 3 is 1.87 bits per heavy atom. The van der Waals surface area contributed by atoms with E-state index < -0.39 is 52.9 Å². The first-order valence-corrected chi connectivity index (χ1v) is 5.66. The van der Waals surface area contributed by atoms with Crippen LogP contribution in [-0.4, -0.2) is 20.4 Å². The smallest absolute Gasteiger partial charge is 0.240 e. The molecule has 0 unspecified atom stereocenters. The molecule has 1 nitrogen and oxygen atoms in total. The summed E-state index contributed by atoms with van der Waals surface area (Å²) in [6, 6.07) is 0. The van der Waals surface area contributed by atoms with Gasteiger partial charge in [-0.3, -0.25) is 0 Å². The first kappa shape index (κ1) is 12.3. The van der Waals surface area contributed by atoms with Crippen LogP contribution in [-0.2, 0) is 6.42 Å². The molecule has 0 aromatic heterocycles. The molecule has 6 heteroatoms. The van der Waals surface area contributed by atoms with E-state index in [1.165, 1.54) is 6.92 Å². The van der Waals surface area contributed by atoms with Gasteiger partial charge in [0, 0.05) is 5.56 Å². The van der Waals surface area contributed by atoms with Crippen molar-refractivity contribution in [3.05, 3.63) is 28.8 Å². The molecule has 0 radical (unpaired) electrons. The van der Waals surface area contributed by atoms with Crippen LogP contribution >= 0.6 is 0 Å². The molecule has 0 aliphatic heterocycles. The van der Waals surface area contributed by atoms with Crippen molar-refractivity contribution in [3.8, 4) is 4.20 Å². The lowest BCUT2D eigenvalue weighted by Crippen LogP contribution is -2.26. The number of nitriles is 1. The van der Waals surface area contributed by atoms with Gasteiger partial charge in [-0.1, -0.05) is 10.6 Å². The molecule has 0 saturated heterocycles. The van der Waals surface area contributed by atoms with E-state index in [-0.39, 0.29) is 6.42 Å². The van der Waals surface area contributed by atoms with Crippen molar-refractivity contribution in [1.82, 2.24) is 0 Å². The summed E-state index contributed by atoms with van der Waals surface area (Å²) in [5, 5.41) is 8.31. The van der Waals surface area contributed by atoms with Crippen LogP contribution in [0.15, 0.2) is 0 Å². The van der Waals surface area contributed by atoms with Crippen molar-refractivity contribution >= 4 is 24.1 Å². The predicted molar refractivity (Wildman–Crippen MR) is 46.7 cm³/mol. The van der Waals surface area contributed by atoms with Gasteiger partial charge in [0.25, 0.3) is 0 Å². The molecule has 0 spiro atoms. The summed E-state index contributed by atoms with van der Waals surface area (Å²) in [4.78, 5) is 0. The zero-order valence-corrected chi connectivity index (χ0v) is 9.29. The lowest BCUT2D eigenvalue weighted by atomic mass is 10.1. The zero-order valence-electron chi connectivity index (χ0n) is 7.87. The third-order valence-corrected chi connectivity index (χ3v) is 3.19. The fraction of sp³-hybridized carbons (Fsp3) is 0.222. The number of hydrogen-bond acceptors (Lipinski definition) is 1. The van der Waals surface area contributed by atoms with E-state index in [1.54, 1.807) is 4.20 Å². The molecule has 1 aromatic carbocycles. The van der Waals surface area contributed by atoms with Gasteiger partial charge in [-0.15, -0.1) is 4.20 Å². The van der Waals surface area contributed by atoms with Crippen molar-refractivity contribution in [2.24, 2.45) is 0 Å². The topological polar surface area (TPSA) is 23.8 Å². The highest BCUT2D eigenvalue weighted by atomic mass is 24.5. The summed E-state index contributed by atoms with van der Waals surface area (Å²) in [5.41, 5.74) is -0.610. The standard InChI is InChI=1S/C8H5F4.CN.Mg/c1-2-4-7(11)5(9)3-6(10)8(4)12;1-2;/h2H2,1H3;;. The van der Waals surface area contributed by atoms with Gasteiger partial charge >= 0.3 is 20.4 Å². The van der Waals surface area contributed by atoms with Gasteiger partial charge in [0.1, 0.15) is 11.6 Å². The molecule has 0 aliphatic carbocycles. The van der Waals surface area contributed by atoms with Gasteiger partial charge in [0.15, 0.2) is 11.6 Å². The highest BCUT2D eigenvalue weighted by Crippen LogP contribution is 2.17. The average molecular weight is 227 g/mol. The van der Waals surface area contributed by atoms with Crippen LogP contribution in [0.1, 0.15) is 12.5 Å². The minimum Gasteiger partial charge on any atom is -0.240 e. The second kappa shape index (κ2) is 4.81. The first-order valence-electron chi connectivity index (χ1n) is 4.25. The molecular weight excluding hydrogens is 222 g/mol. The molecule has 1 rings (SSSR count). The molecule has 0 saturated carbocycles. The molecule has 0 bridgehead atoms. The molecule has 15 heavy (non-hydrogen) atoms. The Balaban J connectivity index is 3.53. The lowest BCUT2D eigenvalue weighted by Gasteiger charge is -2.08. The Labute approximate surface area is 93.4 Å². The second-order valence-corrected chi connectivity index (χ2v) is 4.28. The largest absolute Gasteiger partial charge is 0.570 e.